The zero-order valence-electron chi connectivity index (χ0n) is 21.9. The lowest BCUT2D eigenvalue weighted by Gasteiger charge is -2.30. The highest BCUT2D eigenvalue weighted by Gasteiger charge is 2.27. The van der Waals surface area contributed by atoms with Crippen LogP contribution in [-0.2, 0) is 26.0 Å². The molecule has 2 aromatic rings. The van der Waals surface area contributed by atoms with Gasteiger partial charge in [0.05, 0.1) is 19.1 Å². The summed E-state index contributed by atoms with van der Waals surface area (Å²) >= 11 is 0. The first-order valence-corrected chi connectivity index (χ1v) is 14.2. The Morgan fingerprint density at radius 1 is 1.00 bits per heavy atom. The molecule has 198 valence electrons. The molecular formula is C27H39N3O5S. The molecule has 0 unspecified atom stereocenters. The van der Waals surface area contributed by atoms with E-state index >= 15 is 0 Å². The lowest BCUT2D eigenvalue weighted by molar-refractivity contribution is -0.140. The van der Waals surface area contributed by atoms with Gasteiger partial charge in [0, 0.05) is 25.6 Å². The van der Waals surface area contributed by atoms with Crippen molar-refractivity contribution in [2.45, 2.75) is 58.5 Å². The molecule has 8 nitrogen and oxygen atoms in total. The number of amides is 2. The van der Waals surface area contributed by atoms with E-state index in [9.17, 15) is 18.0 Å². The number of hydrogen-bond acceptors (Lipinski definition) is 5. The molecule has 2 atom stereocenters. The zero-order valence-corrected chi connectivity index (χ0v) is 22.8. The molecule has 0 saturated heterocycles. The van der Waals surface area contributed by atoms with Crippen molar-refractivity contribution in [3.05, 3.63) is 60.2 Å². The van der Waals surface area contributed by atoms with E-state index in [1.54, 1.807) is 36.1 Å². The summed E-state index contributed by atoms with van der Waals surface area (Å²) in [6.07, 6.45) is 2.95. The maximum atomic E-state index is 13.3. The molecule has 0 aliphatic carbocycles. The predicted molar refractivity (Wildman–Crippen MR) is 144 cm³/mol. The van der Waals surface area contributed by atoms with Crippen LogP contribution in [0.1, 0.15) is 45.6 Å². The normalized spacial score (nSPS) is 12.9. The molecule has 0 spiro atoms. The predicted octanol–water partition coefficient (Wildman–Crippen LogP) is 3.62. The molecular weight excluding hydrogens is 478 g/mol. The van der Waals surface area contributed by atoms with Crippen molar-refractivity contribution in [2.75, 3.05) is 30.8 Å². The molecule has 0 heterocycles. The van der Waals surface area contributed by atoms with Crippen LogP contribution in [0.5, 0.6) is 5.75 Å². The molecule has 0 saturated carbocycles. The summed E-state index contributed by atoms with van der Waals surface area (Å²) < 4.78 is 31.6. The number of para-hydroxylation sites is 2. The van der Waals surface area contributed by atoms with Crippen LogP contribution in [0, 0.1) is 0 Å². The van der Waals surface area contributed by atoms with Gasteiger partial charge in [-0.3, -0.25) is 13.9 Å². The number of carbonyl (C=O) groups is 2. The van der Waals surface area contributed by atoms with Crippen LogP contribution in [0.2, 0.25) is 0 Å². The molecule has 0 radical (unpaired) electrons. The monoisotopic (exact) mass is 517 g/mol. The van der Waals surface area contributed by atoms with Gasteiger partial charge < -0.3 is 15.0 Å². The average molecular weight is 518 g/mol. The summed E-state index contributed by atoms with van der Waals surface area (Å²) in [5.74, 6) is 0.0535. The molecule has 9 heteroatoms. The fraction of sp³-hybridized carbons (Fsp3) is 0.481. The second kappa shape index (κ2) is 13.9. The number of hydrogen-bond donors (Lipinski definition) is 1. The molecule has 0 aliphatic heterocycles. The second-order valence-electron chi connectivity index (χ2n) is 8.93. The van der Waals surface area contributed by atoms with Crippen LogP contribution >= 0.6 is 0 Å². The van der Waals surface area contributed by atoms with Gasteiger partial charge in [0.25, 0.3) is 0 Å². The minimum absolute atomic E-state index is 0.00944. The highest BCUT2D eigenvalue weighted by Crippen LogP contribution is 2.29. The van der Waals surface area contributed by atoms with Gasteiger partial charge >= 0.3 is 0 Å². The summed E-state index contributed by atoms with van der Waals surface area (Å²) in [6.45, 7) is 6.16. The Morgan fingerprint density at radius 3 is 2.25 bits per heavy atom. The van der Waals surface area contributed by atoms with E-state index in [2.05, 4.69) is 5.32 Å². The van der Waals surface area contributed by atoms with E-state index in [0.717, 1.165) is 18.2 Å². The summed E-state index contributed by atoms with van der Waals surface area (Å²) in [7, 11) is -2.11. The summed E-state index contributed by atoms with van der Waals surface area (Å²) in [6, 6.07) is 16.0. The number of carbonyl (C=O) groups excluding carboxylic acids is 2. The van der Waals surface area contributed by atoms with Crippen LogP contribution in [0.4, 0.5) is 5.69 Å². The average Bonchev–Trinajstić information content (AvgIpc) is 2.86. The Labute approximate surface area is 215 Å². The van der Waals surface area contributed by atoms with Crippen molar-refractivity contribution in [3.8, 4) is 5.75 Å². The van der Waals surface area contributed by atoms with Gasteiger partial charge in [-0.25, -0.2) is 8.42 Å². The third kappa shape index (κ3) is 8.55. The maximum Gasteiger partial charge on any atom is 0.242 e. The molecule has 0 aromatic heterocycles. The highest BCUT2D eigenvalue weighted by molar-refractivity contribution is 7.92. The first-order chi connectivity index (χ1) is 17.1. The standard InChI is InChI=1S/C27H39N3O5S/c1-6-21(2)28-27(32)22(3)29(20-18-23-13-8-7-9-14-23)26(31)17-12-19-30(36(5,33)34)24-15-10-11-16-25(24)35-4/h7-11,13-16,21-22H,6,12,17-20H2,1-5H3,(H,28,32)/t21-,22-/m1/s1. The molecule has 0 bridgehead atoms. The summed E-state index contributed by atoms with van der Waals surface area (Å²) in [5, 5.41) is 2.96. The Morgan fingerprint density at radius 2 is 1.64 bits per heavy atom. The van der Waals surface area contributed by atoms with Crippen LogP contribution in [0.15, 0.2) is 54.6 Å². The van der Waals surface area contributed by atoms with Gasteiger partial charge in [-0.15, -0.1) is 0 Å². The molecule has 2 amide bonds. The fourth-order valence-corrected chi connectivity index (χ4v) is 4.82. The van der Waals surface area contributed by atoms with Gasteiger partial charge in [-0.05, 0) is 50.8 Å². The van der Waals surface area contributed by atoms with Gasteiger partial charge in [-0.2, -0.15) is 0 Å². The number of methoxy groups -OCH3 is 1. The third-order valence-electron chi connectivity index (χ3n) is 6.16. The number of anilines is 1. The number of rotatable bonds is 14. The van der Waals surface area contributed by atoms with Crippen molar-refractivity contribution in [2.24, 2.45) is 0 Å². The number of sulfonamides is 1. The molecule has 2 rings (SSSR count). The smallest absolute Gasteiger partial charge is 0.242 e. The highest BCUT2D eigenvalue weighted by atomic mass is 32.2. The fourth-order valence-electron chi connectivity index (χ4n) is 3.85. The minimum Gasteiger partial charge on any atom is -0.495 e. The topological polar surface area (TPSA) is 96.0 Å². The number of nitrogens with zero attached hydrogens (tertiary/aromatic N) is 2. The molecule has 1 N–H and O–H groups in total. The minimum atomic E-state index is -3.60. The Balaban J connectivity index is 2.14. The first-order valence-electron chi connectivity index (χ1n) is 12.3. The number of benzene rings is 2. The molecule has 0 fully saturated rings. The van der Waals surface area contributed by atoms with E-state index in [1.807, 2.05) is 44.2 Å². The van der Waals surface area contributed by atoms with E-state index < -0.39 is 16.1 Å². The quantitative estimate of drug-likeness (QED) is 0.413. The third-order valence-corrected chi connectivity index (χ3v) is 7.34. The van der Waals surface area contributed by atoms with Gasteiger partial charge in [-0.1, -0.05) is 49.4 Å². The van der Waals surface area contributed by atoms with Crippen molar-refractivity contribution in [1.29, 1.82) is 0 Å². The van der Waals surface area contributed by atoms with Crippen LogP contribution in [-0.4, -0.2) is 63.7 Å². The van der Waals surface area contributed by atoms with Crippen LogP contribution in [0.3, 0.4) is 0 Å². The van der Waals surface area contributed by atoms with E-state index in [-0.39, 0.29) is 30.8 Å². The zero-order chi connectivity index (χ0) is 26.7. The van der Waals surface area contributed by atoms with Gasteiger partial charge in [0.1, 0.15) is 11.8 Å². The van der Waals surface area contributed by atoms with Crippen LogP contribution < -0.4 is 14.4 Å². The summed E-state index contributed by atoms with van der Waals surface area (Å²) in [4.78, 5) is 27.7. The summed E-state index contributed by atoms with van der Waals surface area (Å²) in [5.41, 5.74) is 1.50. The molecule has 36 heavy (non-hydrogen) atoms. The SMILES string of the molecule is CC[C@@H](C)NC(=O)[C@@H](C)N(CCc1ccccc1)C(=O)CCCN(c1ccccc1OC)S(C)(=O)=O. The Bertz CT molecular complexity index is 1090. The van der Waals surface area contributed by atoms with E-state index in [0.29, 0.717) is 30.8 Å². The van der Waals surface area contributed by atoms with Crippen LogP contribution in [0.25, 0.3) is 0 Å². The lowest BCUT2D eigenvalue weighted by Crippen LogP contribution is -2.50. The number of ether oxygens (including phenoxy) is 1. The largest absolute Gasteiger partial charge is 0.495 e. The lowest BCUT2D eigenvalue weighted by atomic mass is 10.1. The maximum absolute atomic E-state index is 13.3. The first kappa shape index (κ1) is 29.2. The van der Waals surface area contributed by atoms with Crippen molar-refractivity contribution >= 4 is 27.5 Å². The van der Waals surface area contributed by atoms with Crippen molar-refractivity contribution in [3.63, 3.8) is 0 Å². The van der Waals surface area contributed by atoms with E-state index in [1.165, 1.54) is 11.4 Å². The van der Waals surface area contributed by atoms with Crippen molar-refractivity contribution in [1.82, 2.24) is 10.2 Å². The second-order valence-corrected chi connectivity index (χ2v) is 10.8. The van der Waals surface area contributed by atoms with E-state index in [4.69, 9.17) is 4.74 Å². The van der Waals surface area contributed by atoms with Gasteiger partial charge in [0.2, 0.25) is 21.8 Å². The molecule has 0 aliphatic rings. The number of nitrogens with one attached hydrogen (secondary N) is 1. The van der Waals surface area contributed by atoms with Crippen molar-refractivity contribution < 1.29 is 22.7 Å². The Hall–Kier alpha value is -3.07. The Kier molecular flexibility index (Phi) is 11.2. The molecule has 2 aromatic carbocycles. The van der Waals surface area contributed by atoms with Gasteiger partial charge in [0.15, 0.2) is 0 Å².